The van der Waals surface area contributed by atoms with E-state index in [2.05, 4.69) is 54.8 Å². The van der Waals surface area contributed by atoms with Crippen molar-refractivity contribution in [3.63, 3.8) is 0 Å². The SMILES string of the molecule is Cc1ccc2c(c1)c1cc(C)ccc1n2-c1ccc(-c2cccc(C(F)(F)F)c2)c(-c2nc(-c3ccccc3)nc(-c3ccccc3)n2)c1. The summed E-state index contributed by atoms with van der Waals surface area (Å²) >= 11 is 0. The fourth-order valence-electron chi connectivity index (χ4n) is 6.43. The Morgan fingerprint density at radius 2 is 1.00 bits per heavy atom. The zero-order valence-electron chi connectivity index (χ0n) is 26.7. The summed E-state index contributed by atoms with van der Waals surface area (Å²) in [5.74, 6) is 1.29. The molecule has 49 heavy (non-hydrogen) atoms. The molecule has 0 N–H and O–H groups in total. The van der Waals surface area contributed by atoms with E-state index in [-0.39, 0.29) is 0 Å². The molecule has 4 nitrogen and oxygen atoms in total. The molecule has 0 aliphatic heterocycles. The summed E-state index contributed by atoms with van der Waals surface area (Å²) in [6, 6.07) is 43.2. The van der Waals surface area contributed by atoms with Gasteiger partial charge in [0.1, 0.15) is 0 Å². The van der Waals surface area contributed by atoms with E-state index in [9.17, 15) is 13.2 Å². The van der Waals surface area contributed by atoms with Gasteiger partial charge in [-0.1, -0.05) is 102 Å². The molecule has 6 aromatic carbocycles. The van der Waals surface area contributed by atoms with Crippen LogP contribution in [0.4, 0.5) is 13.2 Å². The van der Waals surface area contributed by atoms with Gasteiger partial charge in [-0.25, -0.2) is 15.0 Å². The predicted octanol–water partition coefficient (Wildman–Crippen LogP) is 11.3. The van der Waals surface area contributed by atoms with E-state index in [1.165, 1.54) is 12.1 Å². The highest BCUT2D eigenvalue weighted by molar-refractivity contribution is 6.10. The van der Waals surface area contributed by atoms with Crippen molar-refractivity contribution in [3.05, 3.63) is 156 Å². The number of hydrogen-bond acceptors (Lipinski definition) is 3. The molecule has 2 heterocycles. The Morgan fingerprint density at radius 1 is 0.469 bits per heavy atom. The number of halogens is 3. The van der Waals surface area contributed by atoms with Crippen molar-refractivity contribution in [1.29, 1.82) is 0 Å². The van der Waals surface area contributed by atoms with Crippen molar-refractivity contribution < 1.29 is 13.2 Å². The number of hydrogen-bond donors (Lipinski definition) is 0. The monoisotopic (exact) mass is 646 g/mol. The second-order valence-corrected chi connectivity index (χ2v) is 12.2. The summed E-state index contributed by atoms with van der Waals surface area (Å²) in [6.45, 7) is 4.16. The lowest BCUT2D eigenvalue weighted by Crippen LogP contribution is -2.05. The van der Waals surface area contributed by atoms with Crippen LogP contribution < -0.4 is 0 Å². The van der Waals surface area contributed by atoms with Crippen LogP contribution in [-0.2, 0) is 6.18 Å². The van der Waals surface area contributed by atoms with Gasteiger partial charge in [0.25, 0.3) is 0 Å². The van der Waals surface area contributed by atoms with Crippen LogP contribution in [0.25, 0.3) is 72.8 Å². The Kier molecular flexibility index (Phi) is 7.33. The Balaban J connectivity index is 1.44. The summed E-state index contributed by atoms with van der Waals surface area (Å²) in [4.78, 5) is 14.8. The first-order valence-corrected chi connectivity index (χ1v) is 15.9. The molecule has 0 fully saturated rings. The van der Waals surface area contributed by atoms with Gasteiger partial charge in [-0.05, 0) is 73.5 Å². The number of alkyl halides is 3. The molecule has 0 radical (unpaired) electrons. The largest absolute Gasteiger partial charge is 0.416 e. The van der Waals surface area contributed by atoms with Crippen molar-refractivity contribution in [2.24, 2.45) is 0 Å². The number of aryl methyl sites for hydroxylation is 2. The standard InChI is InChI=1S/C42H29F3N4/c1-26-16-20-37-34(22-26)35-23-27(2)17-21-38(35)49(37)32-18-19-33(30-14-9-15-31(24-30)42(43,44)45)36(25-32)41-47-39(28-10-5-3-6-11-28)46-40(48-41)29-12-7-4-8-13-29/h3-25H,1-2H3. The molecule has 8 rings (SSSR count). The van der Waals surface area contributed by atoms with Crippen LogP contribution in [-0.4, -0.2) is 19.5 Å². The number of aromatic nitrogens is 4. The van der Waals surface area contributed by atoms with E-state index in [0.29, 0.717) is 34.2 Å². The molecule has 8 aromatic rings. The summed E-state index contributed by atoms with van der Waals surface area (Å²) in [7, 11) is 0. The Bertz CT molecular complexity index is 2380. The van der Waals surface area contributed by atoms with Gasteiger partial charge in [0.05, 0.1) is 16.6 Å². The van der Waals surface area contributed by atoms with E-state index >= 15 is 0 Å². The number of benzene rings is 6. The Hall–Kier alpha value is -6.08. The lowest BCUT2D eigenvalue weighted by Gasteiger charge is -2.16. The molecular weight excluding hydrogens is 617 g/mol. The van der Waals surface area contributed by atoms with Crippen LogP contribution in [0.2, 0.25) is 0 Å². The molecular formula is C42H29F3N4. The van der Waals surface area contributed by atoms with Gasteiger partial charge < -0.3 is 4.57 Å². The first-order chi connectivity index (χ1) is 23.7. The molecule has 0 amide bonds. The number of nitrogens with zero attached hydrogens (tertiary/aromatic N) is 4. The molecule has 0 unspecified atom stereocenters. The van der Waals surface area contributed by atoms with Crippen LogP contribution in [0.15, 0.2) is 140 Å². The average molecular weight is 647 g/mol. The van der Waals surface area contributed by atoms with Crippen molar-refractivity contribution in [2.75, 3.05) is 0 Å². The van der Waals surface area contributed by atoms with Gasteiger partial charge in [0.15, 0.2) is 17.5 Å². The third kappa shape index (κ3) is 5.63. The fraction of sp³-hybridized carbons (Fsp3) is 0.0714. The average Bonchev–Trinajstić information content (AvgIpc) is 3.44. The molecule has 0 bridgehead atoms. The van der Waals surface area contributed by atoms with Crippen molar-refractivity contribution in [2.45, 2.75) is 20.0 Å². The highest BCUT2D eigenvalue weighted by Gasteiger charge is 2.31. The quantitative estimate of drug-likeness (QED) is 0.187. The third-order valence-corrected chi connectivity index (χ3v) is 8.78. The van der Waals surface area contributed by atoms with Gasteiger partial charge in [-0.2, -0.15) is 13.2 Å². The zero-order valence-corrected chi connectivity index (χ0v) is 26.7. The van der Waals surface area contributed by atoms with Crippen LogP contribution in [0.3, 0.4) is 0 Å². The predicted molar refractivity (Wildman–Crippen MR) is 190 cm³/mol. The summed E-state index contributed by atoms with van der Waals surface area (Å²) in [5, 5.41) is 2.25. The molecule has 7 heteroatoms. The summed E-state index contributed by atoms with van der Waals surface area (Å²) < 4.78 is 44.1. The minimum absolute atomic E-state index is 0.356. The maximum Gasteiger partial charge on any atom is 0.416 e. The molecule has 0 aliphatic rings. The van der Waals surface area contributed by atoms with E-state index in [1.54, 1.807) is 6.07 Å². The molecule has 0 atom stereocenters. The van der Waals surface area contributed by atoms with Crippen molar-refractivity contribution >= 4 is 21.8 Å². The highest BCUT2D eigenvalue weighted by atomic mass is 19.4. The smallest absolute Gasteiger partial charge is 0.309 e. The lowest BCUT2D eigenvalue weighted by atomic mass is 9.96. The van der Waals surface area contributed by atoms with E-state index in [1.807, 2.05) is 78.9 Å². The zero-order chi connectivity index (χ0) is 33.7. The second kappa shape index (κ2) is 11.9. The van der Waals surface area contributed by atoms with Gasteiger partial charge in [-0.3, -0.25) is 0 Å². The molecule has 0 aliphatic carbocycles. The van der Waals surface area contributed by atoms with Crippen LogP contribution in [0, 0.1) is 13.8 Å². The Morgan fingerprint density at radius 3 is 1.55 bits per heavy atom. The normalized spacial score (nSPS) is 11.8. The van der Waals surface area contributed by atoms with Gasteiger partial charge in [-0.15, -0.1) is 0 Å². The van der Waals surface area contributed by atoms with E-state index < -0.39 is 11.7 Å². The van der Waals surface area contributed by atoms with Gasteiger partial charge in [0.2, 0.25) is 0 Å². The van der Waals surface area contributed by atoms with E-state index in [0.717, 1.165) is 55.8 Å². The molecule has 0 spiro atoms. The molecule has 2 aromatic heterocycles. The second-order valence-electron chi connectivity index (χ2n) is 12.2. The Labute approximate surface area is 281 Å². The maximum absolute atomic E-state index is 14.0. The molecule has 238 valence electrons. The van der Waals surface area contributed by atoms with Crippen LogP contribution >= 0.6 is 0 Å². The lowest BCUT2D eigenvalue weighted by molar-refractivity contribution is -0.137. The minimum atomic E-state index is -4.50. The van der Waals surface area contributed by atoms with Crippen LogP contribution in [0.5, 0.6) is 0 Å². The van der Waals surface area contributed by atoms with Crippen LogP contribution in [0.1, 0.15) is 16.7 Å². The van der Waals surface area contributed by atoms with Crippen molar-refractivity contribution in [3.8, 4) is 51.0 Å². The minimum Gasteiger partial charge on any atom is -0.309 e. The van der Waals surface area contributed by atoms with E-state index in [4.69, 9.17) is 15.0 Å². The summed E-state index contributed by atoms with van der Waals surface area (Å²) in [5.41, 5.74) is 7.63. The molecule has 0 saturated carbocycles. The third-order valence-electron chi connectivity index (χ3n) is 8.78. The topological polar surface area (TPSA) is 43.6 Å². The number of fused-ring (bicyclic) bond motifs is 3. The highest BCUT2D eigenvalue weighted by Crippen LogP contribution is 2.39. The summed E-state index contributed by atoms with van der Waals surface area (Å²) in [6.07, 6.45) is -4.50. The van der Waals surface area contributed by atoms with Gasteiger partial charge in [0, 0.05) is 33.2 Å². The first kappa shape index (κ1) is 30.3. The maximum atomic E-state index is 14.0. The number of rotatable bonds is 5. The molecule has 0 saturated heterocycles. The van der Waals surface area contributed by atoms with Gasteiger partial charge >= 0.3 is 6.18 Å². The fourth-order valence-corrected chi connectivity index (χ4v) is 6.43. The first-order valence-electron chi connectivity index (χ1n) is 15.9. The van der Waals surface area contributed by atoms with Crippen molar-refractivity contribution in [1.82, 2.24) is 19.5 Å².